The maximum atomic E-state index is 12.3. The third-order valence-corrected chi connectivity index (χ3v) is 3.53. The molecular weight excluding hydrogens is 348 g/mol. The van der Waals surface area contributed by atoms with Gasteiger partial charge in [-0.25, -0.2) is 14.6 Å². The largest absolute Gasteiger partial charge is 0.493 e. The molecule has 0 fully saturated rings. The molecule has 2 heterocycles. The third-order valence-electron chi connectivity index (χ3n) is 3.53. The SMILES string of the molecule is CCOc1ccccc1C(=O)NCC(=O)Nc1ccc(-n2cncn2)nc1. The van der Waals surface area contributed by atoms with Gasteiger partial charge in [-0.1, -0.05) is 12.1 Å². The number of ether oxygens (including phenoxy) is 1. The number of carbonyl (C=O) groups is 2. The Bertz CT molecular complexity index is 909. The predicted molar refractivity (Wildman–Crippen MR) is 97.7 cm³/mol. The van der Waals surface area contributed by atoms with Crippen LogP contribution in [0.2, 0.25) is 0 Å². The second kappa shape index (κ2) is 8.56. The fraction of sp³-hybridized carbons (Fsp3) is 0.167. The lowest BCUT2D eigenvalue weighted by atomic mass is 10.2. The zero-order valence-corrected chi connectivity index (χ0v) is 14.6. The minimum absolute atomic E-state index is 0.176. The van der Waals surface area contributed by atoms with Gasteiger partial charge in [0.15, 0.2) is 5.82 Å². The Balaban J connectivity index is 1.54. The van der Waals surface area contributed by atoms with Crippen LogP contribution in [-0.4, -0.2) is 44.7 Å². The Kier molecular flexibility index (Phi) is 5.73. The standard InChI is InChI=1S/C18H18N6O3/c1-2-27-15-6-4-3-5-14(15)18(26)21-10-17(25)23-13-7-8-16(20-9-13)24-12-19-11-22-24/h3-9,11-12H,2,10H2,1H3,(H,21,26)(H,23,25). The maximum Gasteiger partial charge on any atom is 0.255 e. The molecule has 0 bridgehead atoms. The number of pyridine rings is 1. The first-order chi connectivity index (χ1) is 13.2. The van der Waals surface area contributed by atoms with Gasteiger partial charge in [-0.15, -0.1) is 0 Å². The van der Waals surface area contributed by atoms with Crippen LogP contribution in [0.5, 0.6) is 5.75 Å². The monoisotopic (exact) mass is 366 g/mol. The van der Waals surface area contributed by atoms with Gasteiger partial charge in [0.1, 0.15) is 18.4 Å². The Labute approximate surface area is 155 Å². The average Bonchev–Trinajstić information content (AvgIpc) is 3.22. The molecule has 2 aromatic heterocycles. The average molecular weight is 366 g/mol. The van der Waals surface area contributed by atoms with Crippen molar-refractivity contribution < 1.29 is 14.3 Å². The number of nitrogens with one attached hydrogen (secondary N) is 2. The van der Waals surface area contributed by atoms with E-state index in [2.05, 4.69) is 25.7 Å². The predicted octanol–water partition coefficient (Wildman–Crippen LogP) is 1.43. The van der Waals surface area contributed by atoms with Gasteiger partial charge >= 0.3 is 0 Å². The van der Waals surface area contributed by atoms with Crippen molar-refractivity contribution in [3.05, 3.63) is 60.8 Å². The molecule has 3 rings (SSSR count). The molecule has 0 spiro atoms. The molecule has 0 saturated carbocycles. The molecule has 2 amide bonds. The van der Waals surface area contributed by atoms with E-state index in [1.807, 2.05) is 6.92 Å². The maximum absolute atomic E-state index is 12.3. The van der Waals surface area contributed by atoms with Crippen LogP contribution < -0.4 is 15.4 Å². The van der Waals surface area contributed by atoms with Crippen molar-refractivity contribution in [2.75, 3.05) is 18.5 Å². The van der Waals surface area contributed by atoms with E-state index < -0.39 is 0 Å². The number of benzene rings is 1. The van der Waals surface area contributed by atoms with Crippen LogP contribution in [0.3, 0.4) is 0 Å². The summed E-state index contributed by atoms with van der Waals surface area (Å²) in [6.07, 6.45) is 4.43. The molecule has 0 unspecified atom stereocenters. The van der Waals surface area contributed by atoms with Gasteiger partial charge in [0.25, 0.3) is 5.91 Å². The molecule has 0 radical (unpaired) electrons. The zero-order chi connectivity index (χ0) is 19.1. The third kappa shape index (κ3) is 4.66. The van der Waals surface area contributed by atoms with Crippen molar-refractivity contribution in [2.45, 2.75) is 6.92 Å². The van der Waals surface area contributed by atoms with Gasteiger partial charge in [-0.3, -0.25) is 9.59 Å². The molecule has 0 aliphatic heterocycles. The number of nitrogens with zero attached hydrogens (tertiary/aromatic N) is 4. The van der Waals surface area contributed by atoms with Crippen LogP contribution in [0.25, 0.3) is 5.82 Å². The molecule has 138 valence electrons. The van der Waals surface area contributed by atoms with Crippen molar-refractivity contribution >= 4 is 17.5 Å². The van der Waals surface area contributed by atoms with E-state index in [1.165, 1.54) is 23.5 Å². The fourth-order valence-corrected chi connectivity index (χ4v) is 2.32. The van der Waals surface area contributed by atoms with Crippen molar-refractivity contribution in [3.63, 3.8) is 0 Å². The number of hydrogen-bond donors (Lipinski definition) is 2. The van der Waals surface area contributed by atoms with Crippen LogP contribution in [0.4, 0.5) is 5.69 Å². The first-order valence-corrected chi connectivity index (χ1v) is 8.28. The summed E-state index contributed by atoms with van der Waals surface area (Å²) in [5.74, 6) is 0.304. The van der Waals surface area contributed by atoms with Gasteiger partial charge in [-0.05, 0) is 31.2 Å². The van der Waals surface area contributed by atoms with E-state index in [0.29, 0.717) is 29.4 Å². The van der Waals surface area contributed by atoms with E-state index in [-0.39, 0.29) is 18.4 Å². The highest BCUT2D eigenvalue weighted by Crippen LogP contribution is 2.17. The van der Waals surface area contributed by atoms with E-state index in [1.54, 1.807) is 36.4 Å². The lowest BCUT2D eigenvalue weighted by Gasteiger charge is -2.10. The molecule has 1 aromatic carbocycles. The Hall–Kier alpha value is -3.75. The van der Waals surface area contributed by atoms with Gasteiger partial charge in [0.05, 0.1) is 30.6 Å². The van der Waals surface area contributed by atoms with Crippen LogP contribution >= 0.6 is 0 Å². The van der Waals surface area contributed by atoms with Gasteiger partial charge in [-0.2, -0.15) is 5.10 Å². The fourth-order valence-electron chi connectivity index (χ4n) is 2.32. The number of amides is 2. The second-order valence-corrected chi connectivity index (χ2v) is 5.41. The molecule has 0 aliphatic rings. The van der Waals surface area contributed by atoms with Crippen LogP contribution in [-0.2, 0) is 4.79 Å². The van der Waals surface area contributed by atoms with Gasteiger partial charge in [0, 0.05) is 0 Å². The minimum atomic E-state index is -0.381. The molecule has 0 aliphatic carbocycles. The summed E-state index contributed by atoms with van der Waals surface area (Å²) >= 11 is 0. The summed E-state index contributed by atoms with van der Waals surface area (Å²) in [5, 5.41) is 9.22. The normalized spacial score (nSPS) is 10.3. The van der Waals surface area contributed by atoms with Crippen molar-refractivity contribution in [1.82, 2.24) is 25.1 Å². The molecule has 0 saturated heterocycles. The highest BCUT2D eigenvalue weighted by Gasteiger charge is 2.13. The molecule has 9 nitrogen and oxygen atoms in total. The lowest BCUT2D eigenvalue weighted by Crippen LogP contribution is -2.33. The van der Waals surface area contributed by atoms with Crippen LogP contribution in [0.1, 0.15) is 17.3 Å². The van der Waals surface area contributed by atoms with E-state index >= 15 is 0 Å². The van der Waals surface area contributed by atoms with Crippen molar-refractivity contribution in [1.29, 1.82) is 0 Å². The molecule has 9 heteroatoms. The smallest absolute Gasteiger partial charge is 0.255 e. The molecule has 0 atom stereocenters. The highest BCUT2D eigenvalue weighted by atomic mass is 16.5. The van der Waals surface area contributed by atoms with Crippen molar-refractivity contribution in [3.8, 4) is 11.6 Å². The molecule has 27 heavy (non-hydrogen) atoms. The van der Waals surface area contributed by atoms with Crippen LogP contribution in [0, 0.1) is 0 Å². The zero-order valence-electron chi connectivity index (χ0n) is 14.6. The number of anilines is 1. The number of carbonyl (C=O) groups excluding carboxylic acids is 2. The van der Waals surface area contributed by atoms with Crippen LogP contribution in [0.15, 0.2) is 55.2 Å². The van der Waals surface area contributed by atoms with Gasteiger partial charge in [0.2, 0.25) is 5.91 Å². The quantitative estimate of drug-likeness (QED) is 0.654. The van der Waals surface area contributed by atoms with Crippen molar-refractivity contribution in [2.24, 2.45) is 0 Å². The van der Waals surface area contributed by atoms with E-state index in [9.17, 15) is 9.59 Å². The molecular formula is C18H18N6O3. The summed E-state index contributed by atoms with van der Waals surface area (Å²) in [6, 6.07) is 10.3. The van der Waals surface area contributed by atoms with Gasteiger partial charge < -0.3 is 15.4 Å². The Morgan fingerprint density at radius 2 is 2.04 bits per heavy atom. The first kappa shape index (κ1) is 18.1. The summed E-state index contributed by atoms with van der Waals surface area (Å²) in [7, 11) is 0. The number of rotatable bonds is 7. The number of aromatic nitrogens is 4. The number of para-hydroxylation sites is 1. The van der Waals surface area contributed by atoms with E-state index in [0.717, 1.165) is 0 Å². The molecule has 2 N–H and O–H groups in total. The topological polar surface area (TPSA) is 111 Å². The second-order valence-electron chi connectivity index (χ2n) is 5.41. The first-order valence-electron chi connectivity index (χ1n) is 8.28. The summed E-state index contributed by atoms with van der Waals surface area (Å²) in [5.41, 5.74) is 0.888. The highest BCUT2D eigenvalue weighted by molar-refractivity contribution is 6.00. The summed E-state index contributed by atoms with van der Waals surface area (Å²) in [6.45, 7) is 2.11. The summed E-state index contributed by atoms with van der Waals surface area (Å²) in [4.78, 5) is 32.4. The van der Waals surface area contributed by atoms with E-state index in [4.69, 9.17) is 4.74 Å². The number of hydrogen-bond acceptors (Lipinski definition) is 6. The lowest BCUT2D eigenvalue weighted by molar-refractivity contribution is -0.115. The molecule has 3 aromatic rings. The minimum Gasteiger partial charge on any atom is -0.493 e. The Morgan fingerprint density at radius 1 is 1.19 bits per heavy atom. The Morgan fingerprint density at radius 3 is 2.74 bits per heavy atom. The summed E-state index contributed by atoms with van der Waals surface area (Å²) < 4.78 is 6.92.